The Balaban J connectivity index is 2.26. The first-order valence-electron chi connectivity index (χ1n) is 8.03. The summed E-state index contributed by atoms with van der Waals surface area (Å²) in [5.41, 5.74) is -4.68. The van der Waals surface area contributed by atoms with Crippen LogP contribution in [-0.4, -0.2) is 10.8 Å². The van der Waals surface area contributed by atoms with Crippen LogP contribution in [0.3, 0.4) is 0 Å². The molecule has 0 aliphatic heterocycles. The molecule has 0 atom stereocenters. The quantitative estimate of drug-likeness (QED) is 0.220. The van der Waals surface area contributed by atoms with Gasteiger partial charge in [0, 0.05) is 29.7 Å². The van der Waals surface area contributed by atoms with Crippen LogP contribution >= 0.6 is 0 Å². The van der Waals surface area contributed by atoms with Crippen molar-refractivity contribution in [1.82, 2.24) is 0 Å². The van der Waals surface area contributed by atoms with E-state index in [1.807, 2.05) is 0 Å². The van der Waals surface area contributed by atoms with Gasteiger partial charge in [-0.05, 0) is 30.3 Å². The number of nitro benzene ring substituents is 1. The summed E-state index contributed by atoms with van der Waals surface area (Å²) in [4.78, 5) is 22.0. The highest BCUT2D eigenvalue weighted by Gasteiger charge is 2.36. The molecule has 0 spiro atoms. The molecule has 0 saturated heterocycles. The number of nitriles is 1. The number of hydrogen-bond acceptors (Lipinski definition) is 5. The SMILES string of the molecule is N#C/C(=C/Nc1cc(C(F)(F)F)cc(C(F)(F)F)c1)C(=O)Nc1ccc([N+](=O)[O-])cc1. The molecule has 2 aromatic rings. The van der Waals surface area contributed by atoms with Crippen molar-refractivity contribution < 1.29 is 36.1 Å². The van der Waals surface area contributed by atoms with Crippen LogP contribution in [0.2, 0.25) is 0 Å². The Bertz CT molecular complexity index is 1040. The normalized spacial score (nSPS) is 12.1. The van der Waals surface area contributed by atoms with Crippen molar-refractivity contribution in [3.8, 4) is 6.07 Å². The van der Waals surface area contributed by atoms with Gasteiger partial charge < -0.3 is 10.6 Å². The average molecular weight is 444 g/mol. The van der Waals surface area contributed by atoms with Crippen LogP contribution in [-0.2, 0) is 17.1 Å². The van der Waals surface area contributed by atoms with Gasteiger partial charge in [0.25, 0.3) is 11.6 Å². The second-order valence-electron chi connectivity index (χ2n) is 5.87. The standard InChI is InChI=1S/C18H10F6N4O3/c19-17(20,21)11-5-12(18(22,23)24)7-14(6-11)26-9-10(8-25)16(29)27-13-1-3-15(4-2-13)28(30)31/h1-7,9,26H,(H,27,29)/b10-9-. The highest BCUT2D eigenvalue weighted by Crippen LogP contribution is 2.37. The molecule has 0 aliphatic rings. The third-order valence-corrected chi connectivity index (χ3v) is 3.67. The Hall–Kier alpha value is -4.08. The van der Waals surface area contributed by atoms with Crippen LogP contribution in [0.25, 0.3) is 0 Å². The van der Waals surface area contributed by atoms with Gasteiger partial charge in [-0.3, -0.25) is 14.9 Å². The first kappa shape index (κ1) is 23.2. The number of nitro groups is 1. The minimum absolute atomic E-state index is 0.0650. The summed E-state index contributed by atoms with van der Waals surface area (Å²) in [5, 5.41) is 24.0. The van der Waals surface area contributed by atoms with Gasteiger partial charge in [-0.15, -0.1) is 0 Å². The van der Waals surface area contributed by atoms with Crippen molar-refractivity contribution in [1.29, 1.82) is 5.26 Å². The van der Waals surface area contributed by atoms with Gasteiger partial charge in [0.15, 0.2) is 0 Å². The van der Waals surface area contributed by atoms with Crippen molar-refractivity contribution >= 4 is 23.0 Å². The van der Waals surface area contributed by atoms with E-state index in [1.165, 1.54) is 18.2 Å². The van der Waals surface area contributed by atoms with Crippen LogP contribution in [0.5, 0.6) is 0 Å². The highest BCUT2D eigenvalue weighted by molar-refractivity contribution is 6.06. The number of alkyl halides is 6. The number of carbonyl (C=O) groups excluding carboxylic acids is 1. The number of benzene rings is 2. The lowest BCUT2D eigenvalue weighted by molar-refractivity contribution is -0.384. The number of rotatable bonds is 5. The lowest BCUT2D eigenvalue weighted by atomic mass is 10.1. The first-order valence-corrected chi connectivity index (χ1v) is 8.03. The molecule has 0 bridgehead atoms. The molecule has 13 heteroatoms. The van der Waals surface area contributed by atoms with Crippen molar-refractivity contribution in [2.75, 3.05) is 10.6 Å². The highest BCUT2D eigenvalue weighted by atomic mass is 19.4. The topological polar surface area (TPSA) is 108 Å². The predicted octanol–water partition coefficient (Wildman–Crippen LogP) is 5.09. The summed E-state index contributed by atoms with van der Waals surface area (Å²) in [6.07, 6.45) is -9.49. The smallest absolute Gasteiger partial charge is 0.360 e. The molecule has 1 amide bonds. The molecule has 0 radical (unpaired) electrons. The largest absolute Gasteiger partial charge is 0.416 e. The van der Waals surface area contributed by atoms with E-state index in [-0.39, 0.29) is 17.4 Å². The molecule has 0 saturated carbocycles. The number of hydrogen-bond donors (Lipinski definition) is 2. The van der Waals surface area contributed by atoms with E-state index in [2.05, 4.69) is 10.6 Å². The second-order valence-corrected chi connectivity index (χ2v) is 5.87. The minimum atomic E-state index is -5.06. The molecule has 2 rings (SSSR count). The molecule has 2 N–H and O–H groups in total. The Morgan fingerprint density at radius 3 is 1.90 bits per heavy atom. The molecule has 7 nitrogen and oxygen atoms in total. The maximum absolute atomic E-state index is 12.9. The van der Waals surface area contributed by atoms with E-state index in [9.17, 15) is 41.3 Å². The molecule has 0 aliphatic carbocycles. The molecule has 0 heterocycles. The van der Waals surface area contributed by atoms with Gasteiger partial charge >= 0.3 is 12.4 Å². The fraction of sp³-hybridized carbons (Fsp3) is 0.111. The van der Waals surface area contributed by atoms with Crippen LogP contribution in [0.4, 0.5) is 43.4 Å². The Morgan fingerprint density at radius 1 is 0.968 bits per heavy atom. The maximum Gasteiger partial charge on any atom is 0.416 e. The predicted molar refractivity (Wildman–Crippen MR) is 95.5 cm³/mol. The van der Waals surface area contributed by atoms with Gasteiger partial charge in [-0.2, -0.15) is 31.6 Å². The summed E-state index contributed by atoms with van der Waals surface area (Å²) in [6, 6.07) is 6.63. The molecular weight excluding hydrogens is 434 g/mol. The molecule has 2 aromatic carbocycles. The summed E-state index contributed by atoms with van der Waals surface area (Å²) in [7, 11) is 0. The Kier molecular flexibility index (Phi) is 6.54. The van der Waals surface area contributed by atoms with E-state index in [0.717, 1.165) is 12.1 Å². The van der Waals surface area contributed by atoms with E-state index in [1.54, 1.807) is 0 Å². The number of carbonyl (C=O) groups is 1. The third kappa shape index (κ3) is 6.20. The van der Waals surface area contributed by atoms with Crippen LogP contribution < -0.4 is 10.6 Å². The van der Waals surface area contributed by atoms with Crippen LogP contribution in [0, 0.1) is 21.4 Å². The fourth-order valence-electron chi connectivity index (χ4n) is 2.21. The van der Waals surface area contributed by atoms with Gasteiger partial charge in [0.1, 0.15) is 11.6 Å². The fourth-order valence-corrected chi connectivity index (χ4v) is 2.21. The van der Waals surface area contributed by atoms with Gasteiger partial charge in [0.2, 0.25) is 0 Å². The zero-order valence-corrected chi connectivity index (χ0v) is 15.0. The van der Waals surface area contributed by atoms with Crippen molar-refractivity contribution in [2.24, 2.45) is 0 Å². The number of non-ortho nitro benzene ring substituents is 1. The number of amides is 1. The zero-order chi connectivity index (χ0) is 23.4. The maximum atomic E-state index is 12.9. The lowest BCUT2D eigenvalue weighted by Gasteiger charge is -2.14. The van der Waals surface area contributed by atoms with Crippen molar-refractivity contribution in [2.45, 2.75) is 12.4 Å². The van der Waals surface area contributed by atoms with Gasteiger partial charge in [0.05, 0.1) is 16.1 Å². The van der Waals surface area contributed by atoms with E-state index in [0.29, 0.717) is 18.3 Å². The monoisotopic (exact) mass is 444 g/mol. The zero-order valence-electron chi connectivity index (χ0n) is 15.0. The van der Waals surface area contributed by atoms with Gasteiger partial charge in [-0.25, -0.2) is 0 Å². The molecular formula is C18H10F6N4O3. The minimum Gasteiger partial charge on any atom is -0.360 e. The number of anilines is 2. The first-order chi connectivity index (χ1) is 14.3. The molecule has 0 fully saturated rings. The molecule has 162 valence electrons. The van der Waals surface area contributed by atoms with Crippen molar-refractivity contribution in [3.63, 3.8) is 0 Å². The Morgan fingerprint density at radius 2 is 1.48 bits per heavy atom. The molecule has 0 unspecified atom stereocenters. The third-order valence-electron chi connectivity index (χ3n) is 3.67. The van der Waals surface area contributed by atoms with Crippen LogP contribution in [0.1, 0.15) is 11.1 Å². The lowest BCUT2D eigenvalue weighted by Crippen LogP contribution is -2.15. The second kappa shape index (κ2) is 8.74. The number of halogens is 6. The van der Waals surface area contributed by atoms with E-state index in [4.69, 9.17) is 5.26 Å². The van der Waals surface area contributed by atoms with E-state index >= 15 is 0 Å². The van der Waals surface area contributed by atoms with E-state index < -0.39 is 45.6 Å². The molecule has 0 aromatic heterocycles. The summed E-state index contributed by atoms with van der Waals surface area (Å²) >= 11 is 0. The summed E-state index contributed by atoms with van der Waals surface area (Å²) in [6.45, 7) is 0. The number of nitrogens with zero attached hydrogens (tertiary/aromatic N) is 2. The molecule has 31 heavy (non-hydrogen) atoms. The summed E-state index contributed by atoms with van der Waals surface area (Å²) < 4.78 is 77.3. The number of nitrogens with one attached hydrogen (secondary N) is 2. The average Bonchev–Trinajstić information content (AvgIpc) is 2.67. The van der Waals surface area contributed by atoms with Crippen molar-refractivity contribution in [3.05, 3.63) is 75.5 Å². The Labute approximate surface area is 169 Å². The van der Waals surface area contributed by atoms with Crippen LogP contribution in [0.15, 0.2) is 54.2 Å². The summed E-state index contributed by atoms with van der Waals surface area (Å²) in [5.74, 6) is -1.05. The van der Waals surface area contributed by atoms with Gasteiger partial charge in [-0.1, -0.05) is 0 Å².